The molecule has 0 saturated carbocycles. The summed E-state index contributed by atoms with van der Waals surface area (Å²) in [5, 5.41) is 11.5. The van der Waals surface area contributed by atoms with Gasteiger partial charge in [-0.2, -0.15) is 0 Å². The lowest BCUT2D eigenvalue weighted by atomic mass is 10.2. The van der Waals surface area contributed by atoms with Gasteiger partial charge in [-0.15, -0.1) is 11.8 Å². The number of alkyl carbamates (subject to hydrolysis) is 1. The highest BCUT2D eigenvalue weighted by molar-refractivity contribution is 7.99. The Labute approximate surface area is 111 Å². The largest absolute Gasteiger partial charge is 0.444 e. The zero-order valence-corrected chi connectivity index (χ0v) is 11.7. The SMILES string of the molecule is CC(C)(C)OC(=O)NCC(=O)N1CSCC1CO. The molecule has 1 aliphatic rings. The molecule has 1 saturated heterocycles. The molecule has 104 valence electrons. The van der Waals surface area contributed by atoms with Crippen LogP contribution in [0.15, 0.2) is 0 Å². The number of carbonyl (C=O) groups excluding carboxylic acids is 2. The van der Waals surface area contributed by atoms with Gasteiger partial charge in [-0.05, 0) is 20.8 Å². The predicted molar refractivity (Wildman–Crippen MR) is 69.3 cm³/mol. The summed E-state index contributed by atoms with van der Waals surface area (Å²) < 4.78 is 5.03. The first-order valence-corrected chi connectivity index (χ1v) is 6.94. The Morgan fingerprint density at radius 2 is 2.17 bits per heavy atom. The second-order valence-electron chi connectivity index (χ2n) is 5.06. The number of nitrogens with zero attached hydrogens (tertiary/aromatic N) is 1. The van der Waals surface area contributed by atoms with Crippen LogP contribution < -0.4 is 5.32 Å². The second-order valence-corrected chi connectivity index (χ2v) is 6.06. The minimum Gasteiger partial charge on any atom is -0.444 e. The maximum absolute atomic E-state index is 11.8. The highest BCUT2D eigenvalue weighted by Gasteiger charge is 2.28. The number of aliphatic hydroxyl groups is 1. The number of ether oxygens (including phenoxy) is 1. The van der Waals surface area contributed by atoms with Gasteiger partial charge in [0.15, 0.2) is 0 Å². The van der Waals surface area contributed by atoms with Crippen LogP contribution in [0.25, 0.3) is 0 Å². The summed E-state index contributed by atoms with van der Waals surface area (Å²) in [5.41, 5.74) is -0.579. The molecular weight excluding hydrogens is 256 g/mol. The van der Waals surface area contributed by atoms with E-state index in [1.54, 1.807) is 37.4 Å². The molecule has 0 aromatic carbocycles. The van der Waals surface area contributed by atoms with Crippen molar-refractivity contribution in [2.75, 3.05) is 24.8 Å². The van der Waals surface area contributed by atoms with Crippen molar-refractivity contribution in [2.24, 2.45) is 0 Å². The number of aliphatic hydroxyl groups excluding tert-OH is 1. The van der Waals surface area contributed by atoms with E-state index >= 15 is 0 Å². The molecule has 1 aliphatic heterocycles. The van der Waals surface area contributed by atoms with E-state index in [1.807, 2.05) is 0 Å². The zero-order valence-electron chi connectivity index (χ0n) is 10.9. The Balaban J connectivity index is 2.35. The van der Waals surface area contributed by atoms with Gasteiger partial charge in [0, 0.05) is 5.75 Å². The molecule has 0 aromatic rings. The molecule has 2 N–H and O–H groups in total. The average Bonchev–Trinajstić information content (AvgIpc) is 2.71. The summed E-state index contributed by atoms with van der Waals surface area (Å²) in [6.45, 7) is 5.12. The molecule has 2 amide bonds. The quantitative estimate of drug-likeness (QED) is 0.780. The van der Waals surface area contributed by atoms with Crippen LogP contribution in [-0.2, 0) is 9.53 Å². The second kappa shape index (κ2) is 6.29. The summed E-state index contributed by atoms with van der Waals surface area (Å²) in [6, 6.07) is -0.150. The lowest BCUT2D eigenvalue weighted by molar-refractivity contribution is -0.131. The molecule has 0 radical (unpaired) electrons. The van der Waals surface area contributed by atoms with Gasteiger partial charge in [-0.3, -0.25) is 4.79 Å². The number of hydrogen-bond donors (Lipinski definition) is 2. The first kappa shape index (κ1) is 15.1. The van der Waals surface area contributed by atoms with Gasteiger partial charge < -0.3 is 20.1 Å². The van der Waals surface area contributed by atoms with Crippen LogP contribution in [0.3, 0.4) is 0 Å². The van der Waals surface area contributed by atoms with Crippen LogP contribution in [0.2, 0.25) is 0 Å². The third-order valence-electron chi connectivity index (χ3n) is 2.30. The summed E-state index contributed by atoms with van der Waals surface area (Å²) in [6.07, 6.45) is -0.608. The van der Waals surface area contributed by atoms with E-state index in [2.05, 4.69) is 5.32 Å². The molecule has 1 fully saturated rings. The number of carbonyl (C=O) groups is 2. The smallest absolute Gasteiger partial charge is 0.408 e. The number of thioether (sulfide) groups is 1. The first-order chi connectivity index (χ1) is 8.33. The lowest BCUT2D eigenvalue weighted by Crippen LogP contribution is -2.45. The van der Waals surface area contributed by atoms with Gasteiger partial charge in [0.1, 0.15) is 12.1 Å². The average molecular weight is 276 g/mol. The number of amides is 2. The molecule has 6 nitrogen and oxygen atoms in total. The van der Waals surface area contributed by atoms with E-state index in [9.17, 15) is 9.59 Å². The zero-order chi connectivity index (χ0) is 13.8. The summed E-state index contributed by atoms with van der Waals surface area (Å²) in [5.74, 6) is 1.08. The molecular formula is C11H20N2O4S. The van der Waals surface area contributed by atoms with Crippen LogP contribution in [0.5, 0.6) is 0 Å². The molecule has 1 rings (SSSR count). The standard InChI is InChI=1S/C11H20N2O4S/c1-11(2,3)17-10(16)12-4-9(15)13-7-18-6-8(13)5-14/h8,14H,4-7H2,1-3H3,(H,12,16). The van der Waals surface area contributed by atoms with Crippen molar-refractivity contribution in [3.05, 3.63) is 0 Å². The fourth-order valence-electron chi connectivity index (χ4n) is 1.47. The summed E-state index contributed by atoms with van der Waals surface area (Å²) >= 11 is 1.59. The maximum atomic E-state index is 11.8. The van der Waals surface area contributed by atoms with Crippen molar-refractivity contribution in [2.45, 2.75) is 32.4 Å². The van der Waals surface area contributed by atoms with Crippen LogP contribution in [0, 0.1) is 0 Å². The monoisotopic (exact) mass is 276 g/mol. The van der Waals surface area contributed by atoms with E-state index in [0.29, 0.717) is 5.88 Å². The van der Waals surface area contributed by atoms with Crippen LogP contribution in [0.1, 0.15) is 20.8 Å². The van der Waals surface area contributed by atoms with Gasteiger partial charge in [0.2, 0.25) is 5.91 Å². The van der Waals surface area contributed by atoms with Gasteiger partial charge in [0.25, 0.3) is 0 Å². The minimum atomic E-state index is -0.608. The minimum absolute atomic E-state index is 0.0504. The molecule has 0 aromatic heterocycles. The Hall–Kier alpha value is -0.950. The van der Waals surface area contributed by atoms with Crippen molar-refractivity contribution in [3.8, 4) is 0 Å². The molecule has 18 heavy (non-hydrogen) atoms. The van der Waals surface area contributed by atoms with Crippen molar-refractivity contribution < 1.29 is 19.4 Å². The van der Waals surface area contributed by atoms with Crippen molar-refractivity contribution in [3.63, 3.8) is 0 Å². The van der Waals surface area contributed by atoms with E-state index in [4.69, 9.17) is 9.84 Å². The summed E-state index contributed by atoms with van der Waals surface area (Å²) in [7, 11) is 0. The molecule has 0 spiro atoms. The van der Waals surface area contributed by atoms with Crippen molar-refractivity contribution in [1.29, 1.82) is 0 Å². The molecule has 1 atom stereocenters. The fraction of sp³-hybridized carbons (Fsp3) is 0.818. The highest BCUT2D eigenvalue weighted by atomic mass is 32.2. The third kappa shape index (κ3) is 4.73. The van der Waals surface area contributed by atoms with E-state index < -0.39 is 11.7 Å². The highest BCUT2D eigenvalue weighted by Crippen LogP contribution is 2.20. The molecule has 1 heterocycles. The Bertz CT molecular complexity index is 317. The van der Waals surface area contributed by atoms with Crippen molar-refractivity contribution in [1.82, 2.24) is 10.2 Å². The van der Waals surface area contributed by atoms with Crippen LogP contribution in [0.4, 0.5) is 4.79 Å². The number of nitrogens with one attached hydrogen (secondary N) is 1. The van der Waals surface area contributed by atoms with Crippen LogP contribution in [-0.4, -0.2) is 58.4 Å². The topological polar surface area (TPSA) is 78.9 Å². The predicted octanol–water partition coefficient (Wildman–Crippen LogP) is 0.405. The van der Waals surface area contributed by atoms with E-state index in [0.717, 1.165) is 5.75 Å². The molecule has 1 unspecified atom stereocenters. The Kier molecular flexibility index (Phi) is 5.28. The lowest BCUT2D eigenvalue weighted by Gasteiger charge is -2.23. The molecule has 7 heteroatoms. The fourth-order valence-corrected chi connectivity index (χ4v) is 2.69. The Morgan fingerprint density at radius 1 is 1.50 bits per heavy atom. The van der Waals surface area contributed by atoms with Gasteiger partial charge in [-0.1, -0.05) is 0 Å². The summed E-state index contributed by atoms with van der Waals surface area (Å²) in [4.78, 5) is 24.8. The van der Waals surface area contributed by atoms with Gasteiger partial charge >= 0.3 is 6.09 Å². The normalized spacial score (nSPS) is 19.8. The van der Waals surface area contributed by atoms with Crippen LogP contribution >= 0.6 is 11.8 Å². The molecule has 0 aliphatic carbocycles. The maximum Gasteiger partial charge on any atom is 0.408 e. The third-order valence-corrected chi connectivity index (χ3v) is 3.38. The number of hydrogen-bond acceptors (Lipinski definition) is 5. The van der Waals surface area contributed by atoms with E-state index in [1.165, 1.54) is 0 Å². The van der Waals surface area contributed by atoms with Gasteiger partial charge in [-0.25, -0.2) is 4.79 Å². The van der Waals surface area contributed by atoms with Crippen molar-refractivity contribution >= 4 is 23.8 Å². The first-order valence-electron chi connectivity index (χ1n) is 5.78. The number of rotatable bonds is 3. The Morgan fingerprint density at radius 3 is 2.72 bits per heavy atom. The molecule has 0 bridgehead atoms. The van der Waals surface area contributed by atoms with E-state index in [-0.39, 0.29) is 25.1 Å². The van der Waals surface area contributed by atoms with Gasteiger partial charge in [0.05, 0.1) is 18.5 Å².